The van der Waals surface area contributed by atoms with Gasteiger partial charge >= 0.3 is 0 Å². The molecule has 2 rings (SSSR count). The van der Waals surface area contributed by atoms with Gasteiger partial charge in [-0.3, -0.25) is 0 Å². The topological polar surface area (TPSA) is 12.0 Å². The summed E-state index contributed by atoms with van der Waals surface area (Å²) in [4.78, 5) is 0. The minimum absolute atomic E-state index is 0.518. The zero-order valence-corrected chi connectivity index (χ0v) is 11.4. The lowest BCUT2D eigenvalue weighted by atomic mass is 9.76. The maximum Gasteiger partial charge on any atom is 0.0138 e. The van der Waals surface area contributed by atoms with Crippen molar-refractivity contribution >= 4 is 11.3 Å². The molecule has 0 bridgehead atoms. The maximum atomic E-state index is 3.54. The van der Waals surface area contributed by atoms with Crippen LogP contribution in [0.5, 0.6) is 0 Å². The molecule has 0 spiro atoms. The second kappa shape index (κ2) is 4.89. The first-order valence-corrected chi connectivity index (χ1v) is 7.26. The Morgan fingerprint density at radius 3 is 2.88 bits per heavy atom. The molecule has 2 heteroatoms. The van der Waals surface area contributed by atoms with Crippen molar-refractivity contribution in [1.29, 1.82) is 0 Å². The van der Waals surface area contributed by atoms with Gasteiger partial charge in [0.1, 0.15) is 0 Å². The van der Waals surface area contributed by atoms with Crippen LogP contribution in [-0.2, 0) is 6.42 Å². The van der Waals surface area contributed by atoms with Gasteiger partial charge in [-0.25, -0.2) is 0 Å². The summed E-state index contributed by atoms with van der Waals surface area (Å²) < 4.78 is 0. The SMILES string of the molecule is CNC(Cc1ccsc1)C1CCCC1(C)C. The second-order valence-corrected chi connectivity index (χ2v) is 6.50. The first kappa shape index (κ1) is 12.1. The van der Waals surface area contributed by atoms with E-state index in [-0.39, 0.29) is 0 Å². The Morgan fingerprint density at radius 1 is 1.56 bits per heavy atom. The quantitative estimate of drug-likeness (QED) is 0.842. The highest BCUT2D eigenvalue weighted by Crippen LogP contribution is 2.44. The summed E-state index contributed by atoms with van der Waals surface area (Å²) in [6, 6.07) is 2.91. The predicted molar refractivity (Wildman–Crippen MR) is 72.0 cm³/mol. The second-order valence-electron chi connectivity index (χ2n) is 5.72. The van der Waals surface area contributed by atoms with Crippen molar-refractivity contribution in [3.63, 3.8) is 0 Å². The summed E-state index contributed by atoms with van der Waals surface area (Å²) in [5, 5.41) is 8.01. The molecule has 2 unspecified atom stereocenters. The Labute approximate surface area is 103 Å². The van der Waals surface area contributed by atoms with Crippen molar-refractivity contribution in [2.75, 3.05) is 7.05 Å². The van der Waals surface area contributed by atoms with Crippen LogP contribution in [0.2, 0.25) is 0 Å². The summed E-state index contributed by atoms with van der Waals surface area (Å²) in [7, 11) is 2.12. The van der Waals surface area contributed by atoms with Crippen LogP contribution in [0.15, 0.2) is 16.8 Å². The van der Waals surface area contributed by atoms with Gasteiger partial charge in [0.2, 0.25) is 0 Å². The summed E-state index contributed by atoms with van der Waals surface area (Å²) >= 11 is 1.81. The lowest BCUT2D eigenvalue weighted by Gasteiger charge is -2.34. The monoisotopic (exact) mass is 237 g/mol. The molecule has 1 aromatic heterocycles. The van der Waals surface area contributed by atoms with E-state index in [4.69, 9.17) is 0 Å². The molecular weight excluding hydrogens is 214 g/mol. The maximum absolute atomic E-state index is 3.54. The van der Waals surface area contributed by atoms with Crippen molar-refractivity contribution in [2.24, 2.45) is 11.3 Å². The van der Waals surface area contributed by atoms with Crippen LogP contribution in [0.3, 0.4) is 0 Å². The molecule has 0 aromatic carbocycles. The number of thiophene rings is 1. The van der Waals surface area contributed by atoms with Gasteiger partial charge in [0, 0.05) is 6.04 Å². The third-order valence-corrected chi connectivity index (χ3v) is 4.96. The van der Waals surface area contributed by atoms with Gasteiger partial charge in [0.15, 0.2) is 0 Å². The fraction of sp³-hybridized carbons (Fsp3) is 0.714. The van der Waals surface area contributed by atoms with E-state index < -0.39 is 0 Å². The largest absolute Gasteiger partial charge is 0.316 e. The van der Waals surface area contributed by atoms with Crippen molar-refractivity contribution in [3.8, 4) is 0 Å². The lowest BCUT2D eigenvalue weighted by molar-refractivity contribution is 0.201. The van der Waals surface area contributed by atoms with Crippen LogP contribution in [0, 0.1) is 11.3 Å². The molecule has 16 heavy (non-hydrogen) atoms. The minimum Gasteiger partial charge on any atom is -0.316 e. The molecule has 1 aliphatic carbocycles. The van der Waals surface area contributed by atoms with Crippen LogP contribution in [0.4, 0.5) is 0 Å². The normalized spacial score (nSPS) is 25.8. The molecule has 1 fully saturated rings. The van der Waals surface area contributed by atoms with Crippen LogP contribution in [-0.4, -0.2) is 13.1 Å². The average Bonchev–Trinajstić information content (AvgIpc) is 2.84. The summed E-state index contributed by atoms with van der Waals surface area (Å²) in [6.45, 7) is 4.87. The summed E-state index contributed by atoms with van der Waals surface area (Å²) in [5.74, 6) is 0.831. The standard InChI is InChI=1S/C14H23NS/c1-14(2)7-4-5-12(14)13(15-3)9-11-6-8-16-10-11/h6,8,10,12-13,15H,4-5,7,9H2,1-3H3. The van der Waals surface area contributed by atoms with Gasteiger partial charge in [-0.2, -0.15) is 11.3 Å². The van der Waals surface area contributed by atoms with E-state index >= 15 is 0 Å². The molecule has 1 aliphatic rings. The molecule has 1 heterocycles. The van der Waals surface area contributed by atoms with E-state index in [1.165, 1.54) is 31.2 Å². The molecular formula is C14H23NS. The molecule has 1 saturated carbocycles. The van der Waals surface area contributed by atoms with Crippen LogP contribution >= 0.6 is 11.3 Å². The number of likely N-dealkylation sites (N-methyl/N-ethyl adjacent to an activating group) is 1. The van der Waals surface area contributed by atoms with E-state index in [1.807, 2.05) is 0 Å². The van der Waals surface area contributed by atoms with Crippen molar-refractivity contribution < 1.29 is 0 Å². The molecule has 0 radical (unpaired) electrons. The molecule has 0 amide bonds. The molecule has 1 nitrogen and oxygen atoms in total. The fourth-order valence-corrected chi connectivity index (χ4v) is 3.89. The smallest absolute Gasteiger partial charge is 0.0138 e. The molecule has 1 aromatic rings. The number of rotatable bonds is 4. The number of hydrogen-bond donors (Lipinski definition) is 1. The molecule has 1 N–H and O–H groups in total. The Balaban J connectivity index is 2.05. The van der Waals surface area contributed by atoms with Crippen molar-refractivity contribution in [2.45, 2.75) is 45.6 Å². The van der Waals surface area contributed by atoms with E-state index in [9.17, 15) is 0 Å². The minimum atomic E-state index is 0.518. The highest BCUT2D eigenvalue weighted by molar-refractivity contribution is 7.07. The highest BCUT2D eigenvalue weighted by atomic mass is 32.1. The average molecular weight is 237 g/mol. The van der Waals surface area contributed by atoms with E-state index in [1.54, 1.807) is 11.3 Å². The third-order valence-electron chi connectivity index (χ3n) is 4.23. The molecule has 2 atom stereocenters. The first-order valence-electron chi connectivity index (χ1n) is 6.32. The Hall–Kier alpha value is -0.340. The van der Waals surface area contributed by atoms with Crippen LogP contribution in [0.1, 0.15) is 38.7 Å². The Kier molecular flexibility index (Phi) is 3.70. The van der Waals surface area contributed by atoms with Gasteiger partial charge in [-0.15, -0.1) is 0 Å². The van der Waals surface area contributed by atoms with E-state index in [0.717, 1.165) is 5.92 Å². The third kappa shape index (κ3) is 2.49. The zero-order valence-electron chi connectivity index (χ0n) is 10.6. The fourth-order valence-electron chi connectivity index (χ4n) is 3.21. The lowest BCUT2D eigenvalue weighted by Crippen LogP contribution is -2.40. The predicted octanol–water partition coefficient (Wildman–Crippen LogP) is 3.70. The Bertz CT molecular complexity index is 315. The van der Waals surface area contributed by atoms with Gasteiger partial charge < -0.3 is 5.32 Å². The van der Waals surface area contributed by atoms with Crippen molar-refractivity contribution in [1.82, 2.24) is 5.32 Å². The first-order chi connectivity index (χ1) is 7.63. The summed E-state index contributed by atoms with van der Waals surface area (Å²) in [5.41, 5.74) is 2.01. The number of hydrogen-bond acceptors (Lipinski definition) is 2. The highest BCUT2D eigenvalue weighted by Gasteiger charge is 2.38. The zero-order chi connectivity index (χ0) is 11.6. The van der Waals surface area contributed by atoms with Gasteiger partial charge in [0.25, 0.3) is 0 Å². The van der Waals surface area contributed by atoms with Gasteiger partial charge in [-0.1, -0.05) is 20.3 Å². The van der Waals surface area contributed by atoms with E-state index in [2.05, 4.69) is 43.0 Å². The molecule has 90 valence electrons. The number of nitrogens with one attached hydrogen (secondary N) is 1. The van der Waals surface area contributed by atoms with Crippen LogP contribution < -0.4 is 5.32 Å². The molecule has 0 aliphatic heterocycles. The Morgan fingerprint density at radius 2 is 2.38 bits per heavy atom. The van der Waals surface area contributed by atoms with E-state index in [0.29, 0.717) is 11.5 Å². The molecule has 0 saturated heterocycles. The van der Waals surface area contributed by atoms with Crippen LogP contribution in [0.25, 0.3) is 0 Å². The van der Waals surface area contributed by atoms with Gasteiger partial charge in [0.05, 0.1) is 0 Å². The van der Waals surface area contributed by atoms with Crippen molar-refractivity contribution in [3.05, 3.63) is 22.4 Å². The summed E-state index contributed by atoms with van der Waals surface area (Å²) in [6.07, 6.45) is 5.37. The van der Waals surface area contributed by atoms with Gasteiger partial charge in [-0.05, 0) is 60.0 Å².